The number of thiophene rings is 1. The summed E-state index contributed by atoms with van der Waals surface area (Å²) in [5.74, 6) is -0.500. The molecule has 0 radical (unpaired) electrons. The maximum Gasteiger partial charge on any atom is 0.348 e. The number of esters is 1. The van der Waals surface area contributed by atoms with E-state index in [4.69, 9.17) is 4.74 Å². The Morgan fingerprint density at radius 1 is 1.14 bits per heavy atom. The Morgan fingerprint density at radius 2 is 1.86 bits per heavy atom. The molecule has 188 valence electrons. The van der Waals surface area contributed by atoms with Crippen LogP contribution < -0.4 is 5.56 Å². The quantitative estimate of drug-likeness (QED) is 0.237. The number of rotatable bonds is 6. The van der Waals surface area contributed by atoms with Crippen molar-refractivity contribution in [1.29, 1.82) is 0 Å². The Labute approximate surface area is 216 Å². The number of para-hydroxylation sites is 1. The molecular formula is C26H22N4O5S2. The third kappa shape index (κ3) is 4.25. The zero-order valence-electron chi connectivity index (χ0n) is 20.2. The van der Waals surface area contributed by atoms with Gasteiger partial charge in [0.2, 0.25) is 0 Å². The number of hydrogen-bond acceptors (Lipinski definition) is 8. The lowest BCUT2D eigenvalue weighted by molar-refractivity contribution is 0.0531. The van der Waals surface area contributed by atoms with E-state index in [1.54, 1.807) is 62.4 Å². The summed E-state index contributed by atoms with van der Waals surface area (Å²) in [6.45, 7) is 5.50. The molecule has 0 atom stereocenters. The van der Waals surface area contributed by atoms with Crippen LogP contribution in [0.4, 0.5) is 0 Å². The van der Waals surface area contributed by atoms with Gasteiger partial charge in [-0.1, -0.05) is 35.9 Å². The summed E-state index contributed by atoms with van der Waals surface area (Å²) in [5, 5.41) is 5.23. The van der Waals surface area contributed by atoms with Gasteiger partial charge in [0, 0.05) is 17.1 Å². The van der Waals surface area contributed by atoms with Crippen LogP contribution in [0, 0.1) is 13.8 Å². The molecule has 2 aromatic carbocycles. The highest BCUT2D eigenvalue weighted by Crippen LogP contribution is 2.28. The molecule has 0 N–H and O–H groups in total. The van der Waals surface area contributed by atoms with Gasteiger partial charge in [0.05, 0.1) is 28.6 Å². The second kappa shape index (κ2) is 9.41. The van der Waals surface area contributed by atoms with Crippen LogP contribution >= 0.6 is 11.3 Å². The number of carbonyl (C=O) groups excluding carboxylic acids is 1. The number of ether oxygens (including phenoxy) is 1. The molecule has 0 saturated heterocycles. The second-order valence-electron chi connectivity index (χ2n) is 8.31. The van der Waals surface area contributed by atoms with Crippen molar-refractivity contribution in [2.75, 3.05) is 6.61 Å². The highest BCUT2D eigenvalue weighted by molar-refractivity contribution is 7.90. The first-order valence-electron chi connectivity index (χ1n) is 11.4. The van der Waals surface area contributed by atoms with Crippen LogP contribution in [0.1, 0.15) is 33.3 Å². The molecule has 0 unspecified atom stereocenters. The number of fused-ring (bicyclic) bond motifs is 2. The zero-order valence-corrected chi connectivity index (χ0v) is 21.8. The van der Waals surface area contributed by atoms with Crippen LogP contribution in [0.2, 0.25) is 0 Å². The Hall–Kier alpha value is -4.09. The predicted molar refractivity (Wildman–Crippen MR) is 143 cm³/mol. The van der Waals surface area contributed by atoms with E-state index in [2.05, 4.69) is 10.1 Å². The molecule has 0 aliphatic carbocycles. The van der Waals surface area contributed by atoms with Gasteiger partial charge in [-0.05, 0) is 44.5 Å². The molecular weight excluding hydrogens is 512 g/mol. The maximum absolute atomic E-state index is 13.4. The molecule has 0 aliphatic rings. The first kappa shape index (κ1) is 24.6. The minimum Gasteiger partial charge on any atom is -0.462 e. The van der Waals surface area contributed by atoms with Crippen molar-refractivity contribution >= 4 is 54.7 Å². The molecule has 0 bridgehead atoms. The molecule has 5 rings (SSSR count). The summed E-state index contributed by atoms with van der Waals surface area (Å²) in [6, 6.07) is 13.7. The SMILES string of the molecule is CCOC(=O)c1sc2ncn(N=Cc3cn(S(=O)(=O)c4ccc(C)cc4)c4ccccc34)c(=O)c2c1C. The monoisotopic (exact) mass is 534 g/mol. The van der Waals surface area contributed by atoms with Gasteiger partial charge in [-0.2, -0.15) is 9.78 Å². The van der Waals surface area contributed by atoms with Crippen LogP contribution in [-0.2, 0) is 14.8 Å². The van der Waals surface area contributed by atoms with Crippen molar-refractivity contribution in [1.82, 2.24) is 13.6 Å². The van der Waals surface area contributed by atoms with Crippen molar-refractivity contribution in [3.8, 4) is 0 Å². The Kier molecular flexibility index (Phi) is 6.26. The van der Waals surface area contributed by atoms with Crippen LogP contribution in [0.5, 0.6) is 0 Å². The van der Waals surface area contributed by atoms with Gasteiger partial charge in [0.25, 0.3) is 15.6 Å². The average molecular weight is 535 g/mol. The first-order valence-corrected chi connectivity index (χ1v) is 13.6. The second-order valence-corrected chi connectivity index (χ2v) is 11.1. The molecule has 3 heterocycles. The lowest BCUT2D eigenvalue weighted by Crippen LogP contribution is -2.17. The summed E-state index contributed by atoms with van der Waals surface area (Å²) in [4.78, 5) is 30.6. The van der Waals surface area contributed by atoms with Crippen LogP contribution in [0.25, 0.3) is 21.1 Å². The van der Waals surface area contributed by atoms with Crippen molar-refractivity contribution in [3.63, 3.8) is 0 Å². The fourth-order valence-corrected chi connectivity index (χ4v) is 6.42. The van der Waals surface area contributed by atoms with E-state index in [1.165, 1.54) is 22.7 Å². The maximum atomic E-state index is 13.4. The van der Waals surface area contributed by atoms with Crippen molar-refractivity contribution in [2.45, 2.75) is 25.7 Å². The van der Waals surface area contributed by atoms with E-state index in [9.17, 15) is 18.0 Å². The van der Waals surface area contributed by atoms with Crippen molar-refractivity contribution in [2.24, 2.45) is 5.10 Å². The smallest absolute Gasteiger partial charge is 0.348 e. The number of carbonyl (C=O) groups is 1. The molecule has 0 aliphatic heterocycles. The number of aryl methyl sites for hydroxylation is 2. The van der Waals surface area contributed by atoms with Gasteiger partial charge in [-0.3, -0.25) is 4.79 Å². The van der Waals surface area contributed by atoms with E-state index in [0.717, 1.165) is 21.6 Å². The minimum absolute atomic E-state index is 0.165. The molecule has 0 amide bonds. The van der Waals surface area contributed by atoms with E-state index >= 15 is 0 Å². The third-order valence-electron chi connectivity index (χ3n) is 5.90. The lowest BCUT2D eigenvalue weighted by atomic mass is 10.2. The molecule has 0 fully saturated rings. The molecule has 0 saturated carbocycles. The Morgan fingerprint density at radius 3 is 2.59 bits per heavy atom. The van der Waals surface area contributed by atoms with Gasteiger partial charge in [0.15, 0.2) is 0 Å². The lowest BCUT2D eigenvalue weighted by Gasteiger charge is -2.07. The average Bonchev–Trinajstić information content (AvgIpc) is 3.43. The van der Waals surface area contributed by atoms with Gasteiger partial charge >= 0.3 is 5.97 Å². The van der Waals surface area contributed by atoms with E-state index in [0.29, 0.717) is 31.7 Å². The molecule has 11 heteroatoms. The van der Waals surface area contributed by atoms with Crippen molar-refractivity contribution < 1.29 is 17.9 Å². The van der Waals surface area contributed by atoms with Crippen LogP contribution in [-0.4, -0.2) is 40.8 Å². The minimum atomic E-state index is -3.87. The first-order chi connectivity index (χ1) is 17.7. The summed E-state index contributed by atoms with van der Waals surface area (Å²) in [7, 11) is -3.87. The van der Waals surface area contributed by atoms with Gasteiger partial charge in [-0.25, -0.2) is 22.2 Å². The number of aromatic nitrogens is 3. The summed E-state index contributed by atoms with van der Waals surface area (Å²) in [5.41, 5.74) is 1.99. The Bertz CT molecular complexity index is 1860. The molecule has 9 nitrogen and oxygen atoms in total. The molecule has 5 aromatic rings. The van der Waals surface area contributed by atoms with Crippen molar-refractivity contribution in [3.05, 3.63) is 93.0 Å². The topological polar surface area (TPSA) is 113 Å². The summed E-state index contributed by atoms with van der Waals surface area (Å²) < 4.78 is 34.2. The normalized spacial score (nSPS) is 12.1. The Balaban J connectivity index is 1.59. The third-order valence-corrected chi connectivity index (χ3v) is 8.77. The van der Waals surface area contributed by atoms with Gasteiger partial charge in [0.1, 0.15) is 16.0 Å². The van der Waals surface area contributed by atoms with Gasteiger partial charge < -0.3 is 4.74 Å². The van der Waals surface area contributed by atoms with Crippen LogP contribution in [0.3, 0.4) is 0 Å². The molecule has 0 spiro atoms. The van der Waals surface area contributed by atoms with E-state index < -0.39 is 21.6 Å². The van der Waals surface area contributed by atoms with Crippen LogP contribution in [0.15, 0.2) is 75.8 Å². The zero-order chi connectivity index (χ0) is 26.3. The number of hydrogen-bond donors (Lipinski definition) is 0. The highest BCUT2D eigenvalue weighted by Gasteiger charge is 2.22. The molecule has 3 aromatic heterocycles. The summed E-state index contributed by atoms with van der Waals surface area (Å²) in [6.07, 6.45) is 4.18. The summed E-state index contributed by atoms with van der Waals surface area (Å²) >= 11 is 1.10. The highest BCUT2D eigenvalue weighted by atomic mass is 32.2. The van der Waals surface area contributed by atoms with E-state index in [-0.39, 0.29) is 16.9 Å². The number of nitrogens with zero attached hydrogens (tertiary/aromatic N) is 4. The molecule has 37 heavy (non-hydrogen) atoms. The number of benzene rings is 2. The predicted octanol–water partition coefficient (Wildman–Crippen LogP) is 4.33. The fraction of sp³-hybridized carbons (Fsp3) is 0.154. The van der Waals surface area contributed by atoms with E-state index in [1.807, 2.05) is 6.92 Å². The largest absolute Gasteiger partial charge is 0.462 e. The standard InChI is InChI=1S/C26H22N4O5S2/c1-4-35-26(32)23-17(3)22-24(36-23)27-15-29(25(22)31)28-13-18-14-30(21-8-6-5-7-20(18)21)37(33,34)19-11-9-16(2)10-12-19/h5-15H,4H2,1-3H3. The van der Waals surface area contributed by atoms with Gasteiger partial charge in [-0.15, -0.1) is 11.3 Å². The fourth-order valence-electron chi connectivity index (χ4n) is 4.01.